The molecule has 4 saturated carbocycles. The maximum atomic E-state index is 13.9. The average molecular weight is 551 g/mol. The monoisotopic (exact) mass is 550 g/mol. The van der Waals surface area contributed by atoms with Crippen LogP contribution in [0, 0.1) is 23.2 Å². The van der Waals surface area contributed by atoms with Gasteiger partial charge in [0.15, 0.2) is 0 Å². The van der Waals surface area contributed by atoms with Crippen LogP contribution >= 0.6 is 0 Å². The van der Waals surface area contributed by atoms with Crippen molar-refractivity contribution >= 4 is 27.3 Å². The van der Waals surface area contributed by atoms with Crippen LogP contribution in [0.4, 0.5) is 11.4 Å². The van der Waals surface area contributed by atoms with Crippen LogP contribution in [0.25, 0.3) is 0 Å². The molecule has 8 heteroatoms. The standard InChI is InChI=1S/C31H42N4O3S/c1-3-34-11-13-35(14-12-34)28-10-9-27(18-29(28)39(37,38)33-22(2)26-7-5-4-6-8-26)32-30(36)31-19-23-15-24(20-31)17-25(16-23)21-31/h4-10,18,22-25,33H,3,11-17,19-21H2,1-2H3,(H,32,36)/t22-,23?,24?,25?,31?/m1/s1. The predicted octanol–water partition coefficient (Wildman–Crippen LogP) is 5.02. The van der Waals surface area contributed by atoms with Crippen molar-refractivity contribution in [3.05, 3.63) is 54.1 Å². The molecule has 1 aliphatic heterocycles. The molecule has 1 saturated heterocycles. The Hall–Kier alpha value is -2.42. The van der Waals surface area contributed by atoms with Crippen molar-refractivity contribution in [2.24, 2.45) is 23.2 Å². The number of anilines is 2. The van der Waals surface area contributed by atoms with Crippen molar-refractivity contribution < 1.29 is 13.2 Å². The minimum atomic E-state index is -3.87. The largest absolute Gasteiger partial charge is 0.368 e. The van der Waals surface area contributed by atoms with E-state index in [1.54, 1.807) is 6.07 Å². The van der Waals surface area contributed by atoms with Gasteiger partial charge in [-0.1, -0.05) is 37.3 Å². The third-order valence-corrected chi connectivity index (χ3v) is 11.4. The van der Waals surface area contributed by atoms with Gasteiger partial charge in [0.05, 0.1) is 11.1 Å². The van der Waals surface area contributed by atoms with Crippen LogP contribution < -0.4 is 14.9 Å². The normalized spacial score (nSPS) is 29.4. The van der Waals surface area contributed by atoms with E-state index < -0.39 is 10.0 Å². The lowest BCUT2D eigenvalue weighted by molar-refractivity contribution is -0.140. The summed E-state index contributed by atoms with van der Waals surface area (Å²) < 4.78 is 30.7. The molecule has 4 bridgehead atoms. The van der Waals surface area contributed by atoms with Gasteiger partial charge in [0.25, 0.3) is 0 Å². The zero-order chi connectivity index (χ0) is 27.2. The van der Waals surface area contributed by atoms with Crippen LogP contribution in [0.15, 0.2) is 53.4 Å². The summed E-state index contributed by atoms with van der Waals surface area (Å²) in [6.45, 7) is 8.34. The van der Waals surface area contributed by atoms with Crippen molar-refractivity contribution in [2.45, 2.75) is 63.3 Å². The lowest BCUT2D eigenvalue weighted by atomic mass is 9.49. The molecule has 0 aromatic heterocycles. The highest BCUT2D eigenvalue weighted by Crippen LogP contribution is 2.60. The van der Waals surface area contributed by atoms with E-state index in [2.05, 4.69) is 26.8 Å². The number of carbonyl (C=O) groups is 1. The first-order chi connectivity index (χ1) is 18.7. The molecule has 7 nitrogen and oxygen atoms in total. The van der Waals surface area contributed by atoms with Crippen LogP contribution in [0.5, 0.6) is 0 Å². The fraction of sp³-hybridized carbons (Fsp3) is 0.581. The summed E-state index contributed by atoms with van der Waals surface area (Å²) in [6.07, 6.45) is 6.77. The number of benzene rings is 2. The van der Waals surface area contributed by atoms with Crippen molar-refractivity contribution in [3.63, 3.8) is 0 Å². The molecular formula is C31H42N4O3S. The molecule has 7 rings (SSSR count). The fourth-order valence-corrected chi connectivity index (χ4v) is 9.61. The highest BCUT2D eigenvalue weighted by Gasteiger charge is 2.54. The van der Waals surface area contributed by atoms with Gasteiger partial charge in [-0.3, -0.25) is 4.79 Å². The number of likely N-dealkylation sites (N-methyl/N-ethyl adjacent to an activating group) is 1. The zero-order valence-electron chi connectivity index (χ0n) is 23.2. The molecule has 2 aromatic rings. The molecule has 5 aliphatic rings. The number of hydrogen-bond donors (Lipinski definition) is 2. The van der Waals surface area contributed by atoms with Crippen LogP contribution in [0.1, 0.15) is 64.0 Å². The highest BCUT2D eigenvalue weighted by atomic mass is 32.2. The van der Waals surface area contributed by atoms with Crippen molar-refractivity contribution in [3.8, 4) is 0 Å². The third kappa shape index (κ3) is 5.35. The molecule has 39 heavy (non-hydrogen) atoms. The minimum absolute atomic E-state index is 0.0832. The molecule has 4 aliphatic carbocycles. The summed E-state index contributed by atoms with van der Waals surface area (Å²) in [7, 11) is -3.87. The van der Waals surface area contributed by atoms with Gasteiger partial charge in [0.2, 0.25) is 15.9 Å². The Kier molecular flexibility index (Phi) is 7.23. The number of piperazine rings is 1. The molecule has 1 atom stereocenters. The number of nitrogens with zero attached hydrogens (tertiary/aromatic N) is 2. The number of sulfonamides is 1. The maximum absolute atomic E-state index is 13.9. The Morgan fingerprint density at radius 2 is 1.56 bits per heavy atom. The van der Waals surface area contributed by atoms with Crippen LogP contribution in [-0.4, -0.2) is 51.9 Å². The van der Waals surface area contributed by atoms with Crippen LogP contribution in [0.3, 0.4) is 0 Å². The molecule has 1 amide bonds. The first kappa shape index (κ1) is 26.8. The molecule has 0 radical (unpaired) electrons. The van der Waals surface area contributed by atoms with Crippen molar-refractivity contribution in [1.82, 2.24) is 9.62 Å². The van der Waals surface area contributed by atoms with E-state index in [9.17, 15) is 13.2 Å². The number of carbonyl (C=O) groups excluding carboxylic acids is 1. The second-order valence-corrected chi connectivity index (χ2v) is 14.2. The molecule has 1 heterocycles. The smallest absolute Gasteiger partial charge is 0.243 e. The highest BCUT2D eigenvalue weighted by molar-refractivity contribution is 7.89. The van der Waals surface area contributed by atoms with E-state index in [-0.39, 0.29) is 22.3 Å². The van der Waals surface area contributed by atoms with Gasteiger partial charge in [0.1, 0.15) is 4.90 Å². The first-order valence-electron chi connectivity index (χ1n) is 14.7. The number of nitrogens with one attached hydrogen (secondary N) is 2. The Labute approximate surface area is 233 Å². The van der Waals surface area contributed by atoms with Gasteiger partial charge in [0, 0.05) is 37.9 Å². The fourth-order valence-electron chi connectivity index (χ4n) is 8.13. The lowest BCUT2D eigenvalue weighted by Crippen LogP contribution is -2.51. The quantitative estimate of drug-likeness (QED) is 0.482. The summed E-state index contributed by atoms with van der Waals surface area (Å²) in [5.41, 5.74) is 1.89. The van der Waals surface area contributed by atoms with Gasteiger partial charge in [-0.25, -0.2) is 13.1 Å². The first-order valence-corrected chi connectivity index (χ1v) is 16.2. The second kappa shape index (κ2) is 10.5. The predicted molar refractivity (Wildman–Crippen MR) is 155 cm³/mol. The van der Waals surface area contributed by atoms with E-state index in [1.807, 2.05) is 49.4 Å². The number of rotatable bonds is 8. The van der Waals surface area contributed by atoms with Crippen molar-refractivity contribution in [2.75, 3.05) is 42.9 Å². The average Bonchev–Trinajstić information content (AvgIpc) is 2.92. The molecule has 2 aromatic carbocycles. The Morgan fingerprint density at radius 1 is 0.949 bits per heavy atom. The zero-order valence-corrected chi connectivity index (χ0v) is 24.1. The second-order valence-electron chi connectivity index (χ2n) is 12.5. The van der Waals surface area contributed by atoms with E-state index in [4.69, 9.17) is 0 Å². The maximum Gasteiger partial charge on any atom is 0.243 e. The van der Waals surface area contributed by atoms with Gasteiger partial charge in [-0.05, 0) is 93.5 Å². The molecular weight excluding hydrogens is 508 g/mol. The SMILES string of the molecule is CCN1CCN(c2ccc(NC(=O)C34CC5CC(CC(C5)C3)C4)cc2S(=O)(=O)N[C@H](C)c2ccccc2)CC1. The van der Waals surface area contributed by atoms with Gasteiger partial charge < -0.3 is 15.1 Å². The number of hydrogen-bond acceptors (Lipinski definition) is 5. The number of amides is 1. The molecule has 210 valence electrons. The molecule has 2 N–H and O–H groups in total. The third-order valence-electron chi connectivity index (χ3n) is 9.82. The van der Waals surface area contributed by atoms with Crippen molar-refractivity contribution in [1.29, 1.82) is 0 Å². The molecule has 0 unspecified atom stereocenters. The van der Waals surface area contributed by atoms with E-state index in [0.29, 0.717) is 29.1 Å². The van der Waals surface area contributed by atoms with Gasteiger partial charge in [-0.15, -0.1) is 0 Å². The van der Waals surface area contributed by atoms with E-state index in [0.717, 1.165) is 57.5 Å². The minimum Gasteiger partial charge on any atom is -0.368 e. The Bertz CT molecular complexity index is 1270. The summed E-state index contributed by atoms with van der Waals surface area (Å²) in [5.74, 6) is 2.10. The summed E-state index contributed by atoms with van der Waals surface area (Å²) in [4.78, 5) is 18.5. The molecule has 5 fully saturated rings. The van der Waals surface area contributed by atoms with E-state index >= 15 is 0 Å². The van der Waals surface area contributed by atoms with Gasteiger partial charge >= 0.3 is 0 Å². The Balaban J connectivity index is 1.28. The Morgan fingerprint density at radius 3 is 2.15 bits per heavy atom. The molecule has 0 spiro atoms. The van der Waals surface area contributed by atoms with Crippen LogP contribution in [-0.2, 0) is 14.8 Å². The topological polar surface area (TPSA) is 81.8 Å². The summed E-state index contributed by atoms with van der Waals surface area (Å²) in [6, 6.07) is 14.7. The van der Waals surface area contributed by atoms with Crippen LogP contribution in [0.2, 0.25) is 0 Å². The van der Waals surface area contributed by atoms with Gasteiger partial charge in [-0.2, -0.15) is 0 Å². The summed E-state index contributed by atoms with van der Waals surface area (Å²) >= 11 is 0. The lowest BCUT2D eigenvalue weighted by Gasteiger charge is -2.55. The van der Waals surface area contributed by atoms with E-state index in [1.165, 1.54) is 19.3 Å². The summed E-state index contributed by atoms with van der Waals surface area (Å²) in [5, 5.41) is 3.18.